The number of rotatable bonds is 8. The summed E-state index contributed by atoms with van der Waals surface area (Å²) >= 11 is 1.28. The lowest BCUT2D eigenvalue weighted by molar-refractivity contribution is -0.112. The molecule has 0 saturated carbocycles. The third-order valence-electron chi connectivity index (χ3n) is 3.97. The number of amides is 1. The maximum Gasteiger partial charge on any atom is 0.268 e. The van der Waals surface area contributed by atoms with E-state index >= 15 is 0 Å². The summed E-state index contributed by atoms with van der Waals surface area (Å²) in [7, 11) is 1.53. The van der Waals surface area contributed by atoms with Crippen LogP contribution in [-0.2, 0) is 17.8 Å². The van der Waals surface area contributed by atoms with Crippen LogP contribution in [0.2, 0.25) is 0 Å². The number of anilines is 1. The van der Waals surface area contributed by atoms with Crippen LogP contribution >= 0.6 is 11.3 Å². The third-order valence-corrected chi connectivity index (χ3v) is 4.95. The summed E-state index contributed by atoms with van der Waals surface area (Å²) in [5.74, 6) is 0.483. The van der Waals surface area contributed by atoms with E-state index in [2.05, 4.69) is 20.5 Å². The Morgan fingerprint density at radius 3 is 2.83 bits per heavy atom. The summed E-state index contributed by atoms with van der Waals surface area (Å²) < 4.78 is 11.2. The number of aromatic nitrogens is 3. The first-order valence-electron chi connectivity index (χ1n) is 9.08. The zero-order valence-electron chi connectivity index (χ0n) is 16.5. The van der Waals surface area contributed by atoms with Crippen molar-refractivity contribution in [1.82, 2.24) is 15.2 Å². The zero-order chi connectivity index (χ0) is 21.3. The minimum Gasteiger partial charge on any atom is -0.493 e. The van der Waals surface area contributed by atoms with Crippen molar-refractivity contribution >= 4 is 28.5 Å². The number of hydrogen-bond acceptors (Lipinski definition) is 8. The van der Waals surface area contributed by atoms with Gasteiger partial charge in [-0.3, -0.25) is 15.1 Å². The van der Waals surface area contributed by atoms with E-state index in [1.165, 1.54) is 24.5 Å². The fraction of sp³-hybridized carbons (Fsp3) is 0.190. The molecule has 3 aromatic rings. The van der Waals surface area contributed by atoms with Crippen LogP contribution in [0.1, 0.15) is 23.1 Å². The molecule has 0 aliphatic rings. The standard InChI is InChI=1S/C21H19N5O3S/c1-3-19-25-26-21(30-19)24-20(27)16(11-22)9-14-6-7-17(18(10-14)28-2)29-13-15-5-4-8-23-12-15/h4-10,12H,3,13H2,1-2H3,(H,24,26,27)/b16-9+. The van der Waals surface area contributed by atoms with Crippen molar-refractivity contribution in [2.24, 2.45) is 0 Å². The molecule has 1 aromatic carbocycles. The number of carbonyl (C=O) groups excluding carboxylic acids is 1. The molecule has 3 rings (SSSR count). The van der Waals surface area contributed by atoms with E-state index in [0.717, 1.165) is 17.0 Å². The number of carbonyl (C=O) groups is 1. The zero-order valence-corrected chi connectivity index (χ0v) is 17.3. The molecule has 0 radical (unpaired) electrons. The van der Waals surface area contributed by atoms with E-state index in [0.29, 0.717) is 28.8 Å². The number of pyridine rings is 1. The Balaban J connectivity index is 1.73. The Bertz CT molecular complexity index is 1090. The van der Waals surface area contributed by atoms with Crippen LogP contribution in [-0.4, -0.2) is 28.2 Å². The van der Waals surface area contributed by atoms with Gasteiger partial charge in [0.05, 0.1) is 7.11 Å². The number of hydrogen-bond donors (Lipinski definition) is 1. The molecule has 2 aromatic heterocycles. The lowest BCUT2D eigenvalue weighted by Crippen LogP contribution is -2.13. The first kappa shape index (κ1) is 21.0. The van der Waals surface area contributed by atoms with Crippen LogP contribution in [0.3, 0.4) is 0 Å². The van der Waals surface area contributed by atoms with Gasteiger partial charge in [0.1, 0.15) is 23.3 Å². The summed E-state index contributed by atoms with van der Waals surface area (Å²) in [6, 6.07) is 10.8. The number of nitrogens with zero attached hydrogens (tertiary/aromatic N) is 4. The van der Waals surface area contributed by atoms with E-state index in [9.17, 15) is 10.1 Å². The first-order chi connectivity index (χ1) is 14.6. The smallest absolute Gasteiger partial charge is 0.268 e. The molecule has 1 amide bonds. The number of benzene rings is 1. The molecule has 0 atom stereocenters. The molecule has 0 saturated heterocycles. The van der Waals surface area contributed by atoms with Crippen molar-refractivity contribution in [2.45, 2.75) is 20.0 Å². The van der Waals surface area contributed by atoms with Crippen LogP contribution in [0.25, 0.3) is 6.08 Å². The highest BCUT2D eigenvalue weighted by Crippen LogP contribution is 2.29. The molecular formula is C21H19N5O3S. The summed E-state index contributed by atoms with van der Waals surface area (Å²) in [4.78, 5) is 16.5. The monoisotopic (exact) mass is 421 g/mol. The van der Waals surface area contributed by atoms with Crippen LogP contribution in [0, 0.1) is 11.3 Å². The Kier molecular flexibility index (Phi) is 7.08. The first-order valence-corrected chi connectivity index (χ1v) is 9.89. The normalized spacial score (nSPS) is 10.9. The van der Waals surface area contributed by atoms with Gasteiger partial charge in [0.25, 0.3) is 5.91 Å². The molecule has 0 fully saturated rings. The van der Waals surface area contributed by atoms with Gasteiger partial charge in [0, 0.05) is 18.0 Å². The average Bonchev–Trinajstić information content (AvgIpc) is 3.24. The average molecular weight is 421 g/mol. The van der Waals surface area contributed by atoms with Gasteiger partial charge in [-0.1, -0.05) is 30.4 Å². The topological polar surface area (TPSA) is 110 Å². The van der Waals surface area contributed by atoms with Crippen molar-refractivity contribution in [3.63, 3.8) is 0 Å². The second kappa shape index (κ2) is 10.1. The van der Waals surface area contributed by atoms with Crippen molar-refractivity contribution in [1.29, 1.82) is 5.26 Å². The fourth-order valence-electron chi connectivity index (χ4n) is 2.46. The van der Waals surface area contributed by atoms with Crippen molar-refractivity contribution < 1.29 is 14.3 Å². The van der Waals surface area contributed by atoms with Gasteiger partial charge in [0.2, 0.25) is 5.13 Å². The molecule has 0 spiro atoms. The molecule has 0 unspecified atom stereocenters. The highest BCUT2D eigenvalue weighted by atomic mass is 32.1. The molecule has 1 N–H and O–H groups in total. The molecule has 0 bridgehead atoms. The predicted molar refractivity (Wildman–Crippen MR) is 113 cm³/mol. The molecule has 2 heterocycles. The van der Waals surface area contributed by atoms with Crippen molar-refractivity contribution in [2.75, 3.05) is 12.4 Å². The van der Waals surface area contributed by atoms with Crippen LogP contribution in [0.5, 0.6) is 11.5 Å². The maximum atomic E-state index is 12.4. The molecule has 152 valence electrons. The maximum absolute atomic E-state index is 12.4. The summed E-state index contributed by atoms with van der Waals surface area (Å²) in [5.41, 5.74) is 1.49. The molecule has 9 heteroatoms. The van der Waals surface area contributed by atoms with Gasteiger partial charge in [0.15, 0.2) is 11.5 Å². The minimum absolute atomic E-state index is 0.0608. The Hall–Kier alpha value is -3.77. The highest BCUT2D eigenvalue weighted by molar-refractivity contribution is 7.15. The van der Waals surface area contributed by atoms with Gasteiger partial charge in [-0.15, -0.1) is 10.2 Å². The third kappa shape index (κ3) is 5.40. The predicted octanol–water partition coefficient (Wildman–Crippen LogP) is 3.63. The van der Waals surface area contributed by atoms with Crippen molar-refractivity contribution in [3.8, 4) is 17.6 Å². The second-order valence-corrected chi connectivity index (χ2v) is 7.10. The summed E-state index contributed by atoms with van der Waals surface area (Å²) in [5, 5.41) is 21.0. The fourth-order valence-corrected chi connectivity index (χ4v) is 3.14. The number of methoxy groups -OCH3 is 1. The number of nitrogens with one attached hydrogen (secondary N) is 1. The lowest BCUT2D eigenvalue weighted by Gasteiger charge is -2.11. The second-order valence-electron chi connectivity index (χ2n) is 6.04. The van der Waals surface area contributed by atoms with Gasteiger partial charge in [-0.2, -0.15) is 5.26 Å². The van der Waals surface area contributed by atoms with Crippen LogP contribution in [0.15, 0.2) is 48.3 Å². The summed E-state index contributed by atoms with van der Waals surface area (Å²) in [6.45, 7) is 2.29. The van der Waals surface area contributed by atoms with Crippen LogP contribution in [0.4, 0.5) is 5.13 Å². The van der Waals surface area contributed by atoms with E-state index < -0.39 is 5.91 Å². The van der Waals surface area contributed by atoms with Gasteiger partial charge in [-0.25, -0.2) is 0 Å². The quantitative estimate of drug-likeness (QED) is 0.437. The van der Waals surface area contributed by atoms with Crippen LogP contribution < -0.4 is 14.8 Å². The highest BCUT2D eigenvalue weighted by Gasteiger charge is 2.13. The van der Waals surface area contributed by atoms with Gasteiger partial charge >= 0.3 is 0 Å². The Morgan fingerprint density at radius 2 is 2.17 bits per heavy atom. The Morgan fingerprint density at radius 1 is 1.30 bits per heavy atom. The van der Waals surface area contributed by atoms with E-state index in [-0.39, 0.29) is 5.57 Å². The largest absolute Gasteiger partial charge is 0.493 e. The number of ether oxygens (including phenoxy) is 2. The van der Waals surface area contributed by atoms with Gasteiger partial charge < -0.3 is 9.47 Å². The Labute approximate surface area is 177 Å². The van der Waals surface area contributed by atoms with E-state index in [1.807, 2.05) is 25.1 Å². The number of nitriles is 1. The van der Waals surface area contributed by atoms with Crippen molar-refractivity contribution in [3.05, 3.63) is 64.4 Å². The molecule has 30 heavy (non-hydrogen) atoms. The lowest BCUT2D eigenvalue weighted by atomic mass is 10.1. The van der Waals surface area contributed by atoms with E-state index in [4.69, 9.17) is 9.47 Å². The SMILES string of the molecule is CCc1nnc(NC(=O)/C(C#N)=C/c2ccc(OCc3cccnc3)c(OC)c2)s1. The van der Waals surface area contributed by atoms with E-state index in [1.54, 1.807) is 30.6 Å². The number of aryl methyl sites for hydroxylation is 1. The minimum atomic E-state index is -0.549. The molecule has 8 nitrogen and oxygen atoms in total. The summed E-state index contributed by atoms with van der Waals surface area (Å²) in [6.07, 6.45) is 5.62. The molecular weight excluding hydrogens is 402 g/mol. The molecule has 0 aliphatic heterocycles. The van der Waals surface area contributed by atoms with Gasteiger partial charge in [-0.05, 0) is 36.3 Å². The molecule has 0 aliphatic carbocycles.